The van der Waals surface area contributed by atoms with Gasteiger partial charge in [0, 0.05) is 12.5 Å². The molecule has 0 radical (unpaired) electrons. The van der Waals surface area contributed by atoms with Crippen molar-refractivity contribution in [1.29, 1.82) is 0 Å². The zero-order chi connectivity index (χ0) is 13.1. The van der Waals surface area contributed by atoms with Crippen molar-refractivity contribution in [1.82, 2.24) is 4.90 Å². The molecule has 0 aromatic carbocycles. The molecular formula is C13H31NO2. The van der Waals surface area contributed by atoms with E-state index in [1.807, 2.05) is 34.6 Å². The minimum absolute atomic E-state index is 0.188. The van der Waals surface area contributed by atoms with E-state index >= 15 is 0 Å². The molecule has 1 rings (SSSR count). The molecule has 1 fully saturated rings. The van der Waals surface area contributed by atoms with E-state index in [0.29, 0.717) is 6.04 Å². The van der Waals surface area contributed by atoms with Crippen molar-refractivity contribution >= 4 is 0 Å². The largest absolute Gasteiger partial charge is 0.368 e. The molecule has 1 heterocycles. The van der Waals surface area contributed by atoms with Gasteiger partial charge in [0.15, 0.2) is 6.29 Å². The third-order valence-corrected chi connectivity index (χ3v) is 2.59. The fourth-order valence-corrected chi connectivity index (χ4v) is 1.71. The summed E-state index contributed by atoms with van der Waals surface area (Å²) in [6, 6.07) is 0.480. The minimum atomic E-state index is -0.562. The predicted octanol–water partition coefficient (Wildman–Crippen LogP) is 2.88. The van der Waals surface area contributed by atoms with Crippen LogP contribution in [-0.4, -0.2) is 42.0 Å². The van der Waals surface area contributed by atoms with Crippen molar-refractivity contribution in [3.63, 3.8) is 0 Å². The quantitative estimate of drug-likeness (QED) is 0.796. The summed E-state index contributed by atoms with van der Waals surface area (Å²) < 4.78 is 5.24. The summed E-state index contributed by atoms with van der Waals surface area (Å²) in [4.78, 5) is 2.27. The number of rotatable bonds is 2. The molecule has 1 aliphatic rings. The van der Waals surface area contributed by atoms with Gasteiger partial charge in [-0.3, -0.25) is 0 Å². The third kappa shape index (κ3) is 7.20. The Morgan fingerprint density at radius 2 is 1.69 bits per heavy atom. The van der Waals surface area contributed by atoms with Gasteiger partial charge in [-0.15, -0.1) is 0 Å². The van der Waals surface area contributed by atoms with E-state index in [1.54, 1.807) is 0 Å². The molecule has 3 unspecified atom stereocenters. The average molecular weight is 233 g/mol. The van der Waals surface area contributed by atoms with Crippen LogP contribution in [0, 0.1) is 0 Å². The topological polar surface area (TPSA) is 32.7 Å². The van der Waals surface area contributed by atoms with Gasteiger partial charge in [0.1, 0.15) is 0 Å². The number of aliphatic hydroxyl groups excluding tert-OH is 1. The average Bonchev–Trinajstić information content (AvgIpc) is 2.32. The Morgan fingerprint density at radius 1 is 1.19 bits per heavy atom. The summed E-state index contributed by atoms with van der Waals surface area (Å²) in [6.45, 7) is 13.2. The van der Waals surface area contributed by atoms with Gasteiger partial charge in [-0.05, 0) is 26.9 Å². The summed E-state index contributed by atoms with van der Waals surface area (Å²) in [7, 11) is 2.09. The van der Waals surface area contributed by atoms with Gasteiger partial charge >= 0.3 is 0 Å². The van der Waals surface area contributed by atoms with E-state index < -0.39 is 6.29 Å². The maximum Gasteiger partial charge on any atom is 0.156 e. The van der Waals surface area contributed by atoms with Crippen LogP contribution in [0.1, 0.15) is 54.4 Å². The molecule has 0 aromatic rings. The molecule has 3 atom stereocenters. The highest BCUT2D eigenvalue weighted by molar-refractivity contribution is 4.76. The molecular weight excluding hydrogens is 202 g/mol. The molecule has 16 heavy (non-hydrogen) atoms. The molecule has 3 nitrogen and oxygen atoms in total. The summed E-state index contributed by atoms with van der Waals surface area (Å²) in [5, 5.41) is 9.35. The van der Waals surface area contributed by atoms with E-state index in [2.05, 4.69) is 18.9 Å². The van der Waals surface area contributed by atoms with Crippen molar-refractivity contribution in [2.75, 3.05) is 13.6 Å². The third-order valence-electron chi connectivity index (χ3n) is 2.59. The zero-order valence-electron chi connectivity index (χ0n) is 12.2. The van der Waals surface area contributed by atoms with Gasteiger partial charge < -0.3 is 14.7 Å². The molecule has 0 spiro atoms. The lowest BCUT2D eigenvalue weighted by Crippen LogP contribution is -2.43. The summed E-state index contributed by atoms with van der Waals surface area (Å²) in [5.74, 6) is 0. The van der Waals surface area contributed by atoms with Crippen LogP contribution in [-0.2, 0) is 4.74 Å². The molecule has 1 saturated heterocycles. The first-order chi connectivity index (χ1) is 7.63. The normalized spacial score (nSPS) is 28.7. The van der Waals surface area contributed by atoms with Gasteiger partial charge in [-0.1, -0.05) is 34.6 Å². The first kappa shape index (κ1) is 18.3. The molecule has 100 valence electrons. The SMILES string of the molecule is CC.CC.CCN(C)C1CC(C)OC(O)C1. The number of hydrogen-bond acceptors (Lipinski definition) is 3. The second-order valence-electron chi connectivity index (χ2n) is 3.60. The van der Waals surface area contributed by atoms with Gasteiger partial charge in [0.2, 0.25) is 0 Å². The lowest BCUT2D eigenvalue weighted by molar-refractivity contribution is -0.173. The van der Waals surface area contributed by atoms with Gasteiger partial charge in [0.25, 0.3) is 0 Å². The number of hydrogen-bond donors (Lipinski definition) is 1. The van der Waals surface area contributed by atoms with Gasteiger partial charge in [-0.2, -0.15) is 0 Å². The van der Waals surface area contributed by atoms with Crippen LogP contribution in [0.2, 0.25) is 0 Å². The van der Waals surface area contributed by atoms with E-state index in [1.165, 1.54) is 0 Å². The van der Waals surface area contributed by atoms with Crippen LogP contribution in [0.4, 0.5) is 0 Å². The van der Waals surface area contributed by atoms with E-state index in [0.717, 1.165) is 19.4 Å². The maximum absolute atomic E-state index is 9.35. The summed E-state index contributed by atoms with van der Waals surface area (Å²) in [5.41, 5.74) is 0. The fourth-order valence-electron chi connectivity index (χ4n) is 1.71. The molecule has 0 saturated carbocycles. The second-order valence-corrected chi connectivity index (χ2v) is 3.60. The molecule has 0 amide bonds. The van der Waals surface area contributed by atoms with Crippen molar-refractivity contribution in [3.05, 3.63) is 0 Å². The maximum atomic E-state index is 9.35. The number of aliphatic hydroxyl groups is 1. The van der Waals surface area contributed by atoms with Crippen LogP contribution >= 0.6 is 0 Å². The predicted molar refractivity (Wildman–Crippen MR) is 70.6 cm³/mol. The highest BCUT2D eigenvalue weighted by atomic mass is 16.6. The molecule has 0 bridgehead atoms. The van der Waals surface area contributed by atoms with E-state index in [-0.39, 0.29) is 6.10 Å². The van der Waals surface area contributed by atoms with Crippen molar-refractivity contribution in [2.24, 2.45) is 0 Å². The van der Waals surface area contributed by atoms with Crippen molar-refractivity contribution in [3.8, 4) is 0 Å². The second kappa shape index (κ2) is 11.4. The monoisotopic (exact) mass is 233 g/mol. The Labute approximate surface area is 102 Å². The van der Waals surface area contributed by atoms with Crippen LogP contribution in [0.3, 0.4) is 0 Å². The lowest BCUT2D eigenvalue weighted by Gasteiger charge is -2.36. The molecule has 1 aliphatic heterocycles. The standard InChI is InChI=1S/C9H19NO2.2C2H6/c1-4-10(3)8-5-7(2)12-9(11)6-8;2*1-2/h7-9,11H,4-6H2,1-3H3;2*1-2H3. The van der Waals surface area contributed by atoms with Crippen molar-refractivity contribution < 1.29 is 9.84 Å². The molecule has 0 aliphatic carbocycles. The highest BCUT2D eigenvalue weighted by Crippen LogP contribution is 2.21. The Hall–Kier alpha value is -0.120. The first-order valence-electron chi connectivity index (χ1n) is 6.67. The fraction of sp³-hybridized carbons (Fsp3) is 1.00. The molecule has 0 aromatic heterocycles. The van der Waals surface area contributed by atoms with Gasteiger partial charge in [0.05, 0.1) is 6.10 Å². The Bertz CT molecular complexity index is 132. The molecule has 1 N–H and O–H groups in total. The van der Waals surface area contributed by atoms with Crippen LogP contribution < -0.4 is 0 Å². The molecule has 3 heteroatoms. The minimum Gasteiger partial charge on any atom is -0.368 e. The smallest absolute Gasteiger partial charge is 0.156 e. The van der Waals surface area contributed by atoms with Crippen LogP contribution in [0.15, 0.2) is 0 Å². The highest BCUT2D eigenvalue weighted by Gasteiger charge is 2.27. The Morgan fingerprint density at radius 3 is 2.06 bits per heavy atom. The van der Waals surface area contributed by atoms with E-state index in [4.69, 9.17) is 4.74 Å². The zero-order valence-corrected chi connectivity index (χ0v) is 12.2. The Balaban J connectivity index is 0. The van der Waals surface area contributed by atoms with Crippen molar-refractivity contribution in [2.45, 2.75) is 72.8 Å². The number of nitrogens with zero attached hydrogens (tertiary/aromatic N) is 1. The summed E-state index contributed by atoms with van der Waals surface area (Å²) >= 11 is 0. The first-order valence-corrected chi connectivity index (χ1v) is 6.67. The number of ether oxygens (including phenoxy) is 1. The van der Waals surface area contributed by atoms with E-state index in [9.17, 15) is 5.11 Å². The van der Waals surface area contributed by atoms with Gasteiger partial charge in [-0.25, -0.2) is 0 Å². The Kier molecular flexibility index (Phi) is 13.0. The van der Waals surface area contributed by atoms with Crippen LogP contribution in [0.25, 0.3) is 0 Å². The van der Waals surface area contributed by atoms with Crippen LogP contribution in [0.5, 0.6) is 0 Å². The summed E-state index contributed by atoms with van der Waals surface area (Å²) in [6.07, 6.45) is 1.40. The lowest BCUT2D eigenvalue weighted by atomic mass is 10.0.